The summed E-state index contributed by atoms with van der Waals surface area (Å²) in [6.07, 6.45) is 63.8. The number of hydrogen-bond donors (Lipinski definition) is 0. The van der Waals surface area contributed by atoms with E-state index in [-0.39, 0.29) is 31.1 Å². The number of carbonyl (C=O) groups is 3. The molecule has 6 nitrogen and oxygen atoms in total. The van der Waals surface area contributed by atoms with E-state index in [0.717, 1.165) is 63.7 Å². The predicted octanol–water partition coefficient (Wildman–Crippen LogP) is 21.0. The van der Waals surface area contributed by atoms with Gasteiger partial charge >= 0.3 is 17.9 Å². The Kier molecular flexibility index (Phi) is 56.0. The van der Waals surface area contributed by atoms with Crippen molar-refractivity contribution >= 4 is 17.9 Å². The van der Waals surface area contributed by atoms with Crippen molar-refractivity contribution < 1.29 is 28.6 Å². The fraction of sp³-hybridized carbons (Fsp3) is 0.952. The van der Waals surface area contributed by atoms with Crippen molar-refractivity contribution in [2.24, 2.45) is 5.92 Å². The summed E-state index contributed by atoms with van der Waals surface area (Å²) in [5.41, 5.74) is 0. The van der Waals surface area contributed by atoms with Gasteiger partial charge in [0.05, 0.1) is 0 Å². The molecule has 0 aliphatic rings. The van der Waals surface area contributed by atoms with Crippen molar-refractivity contribution in [1.82, 2.24) is 0 Å². The number of unbranched alkanes of at least 4 members (excludes halogenated alkanes) is 44. The first kappa shape index (κ1) is 67.4. The van der Waals surface area contributed by atoms with Crippen molar-refractivity contribution in [3.8, 4) is 0 Å². The number of rotatable bonds is 58. The lowest BCUT2D eigenvalue weighted by atomic mass is 9.99. The maximum absolute atomic E-state index is 12.9. The molecular formula is C63H122O6. The van der Waals surface area contributed by atoms with Gasteiger partial charge in [-0.05, 0) is 25.2 Å². The molecule has 69 heavy (non-hydrogen) atoms. The smallest absolute Gasteiger partial charge is 0.306 e. The van der Waals surface area contributed by atoms with Crippen molar-refractivity contribution in [1.29, 1.82) is 0 Å². The number of hydrogen-bond acceptors (Lipinski definition) is 6. The second-order valence-corrected chi connectivity index (χ2v) is 21.9. The van der Waals surface area contributed by atoms with Gasteiger partial charge in [0.25, 0.3) is 0 Å². The second-order valence-electron chi connectivity index (χ2n) is 21.9. The number of carbonyl (C=O) groups excluding carboxylic acids is 3. The zero-order valence-corrected chi connectivity index (χ0v) is 47.3. The summed E-state index contributed by atoms with van der Waals surface area (Å²) in [5.74, 6) is 0.0802. The molecule has 0 amide bonds. The van der Waals surface area contributed by atoms with E-state index in [4.69, 9.17) is 14.2 Å². The second kappa shape index (κ2) is 57.3. The fourth-order valence-electron chi connectivity index (χ4n) is 9.78. The third-order valence-corrected chi connectivity index (χ3v) is 14.9. The standard InChI is InChI=1S/C63H122O6/c1-5-8-10-12-14-16-18-20-21-24-29-32-36-40-44-48-52-56-63(66)69-60(57-67-61(64)54-50-46-42-38-34-19-17-15-13-11-9-6-2)58-68-62(65)55-51-47-43-39-35-31-28-26-23-22-25-27-30-33-37-41-45-49-53-59(4)7-3/h59-60H,5-58H2,1-4H3/t59?,60-/m0/s1. The van der Waals surface area contributed by atoms with Gasteiger partial charge in [-0.2, -0.15) is 0 Å². The van der Waals surface area contributed by atoms with Crippen LogP contribution in [0.2, 0.25) is 0 Å². The van der Waals surface area contributed by atoms with E-state index in [1.54, 1.807) is 0 Å². The molecule has 0 aromatic heterocycles. The summed E-state index contributed by atoms with van der Waals surface area (Å²) >= 11 is 0. The molecule has 0 N–H and O–H groups in total. The average Bonchev–Trinajstić information content (AvgIpc) is 3.35. The Morgan fingerprint density at radius 1 is 0.290 bits per heavy atom. The quantitative estimate of drug-likeness (QED) is 0.0343. The molecule has 1 unspecified atom stereocenters. The maximum Gasteiger partial charge on any atom is 0.306 e. The first-order valence-corrected chi connectivity index (χ1v) is 31.4. The Hall–Kier alpha value is -1.59. The van der Waals surface area contributed by atoms with Crippen LogP contribution in [0.25, 0.3) is 0 Å². The Morgan fingerprint density at radius 3 is 0.754 bits per heavy atom. The molecule has 0 rings (SSSR count). The van der Waals surface area contributed by atoms with Gasteiger partial charge in [-0.25, -0.2) is 0 Å². The van der Waals surface area contributed by atoms with Gasteiger partial charge < -0.3 is 14.2 Å². The van der Waals surface area contributed by atoms with E-state index >= 15 is 0 Å². The maximum atomic E-state index is 12.9. The largest absolute Gasteiger partial charge is 0.462 e. The lowest BCUT2D eigenvalue weighted by Gasteiger charge is -2.18. The third kappa shape index (κ3) is 55.6. The molecule has 0 saturated heterocycles. The summed E-state index contributed by atoms with van der Waals surface area (Å²) in [7, 11) is 0. The minimum Gasteiger partial charge on any atom is -0.462 e. The highest BCUT2D eigenvalue weighted by Crippen LogP contribution is 2.19. The van der Waals surface area contributed by atoms with Gasteiger partial charge in [0.15, 0.2) is 6.10 Å². The molecule has 2 atom stereocenters. The van der Waals surface area contributed by atoms with E-state index in [9.17, 15) is 14.4 Å². The van der Waals surface area contributed by atoms with Gasteiger partial charge in [-0.3, -0.25) is 14.4 Å². The molecule has 0 aliphatic carbocycles. The zero-order valence-electron chi connectivity index (χ0n) is 47.3. The van der Waals surface area contributed by atoms with Crippen LogP contribution in [-0.4, -0.2) is 37.2 Å². The van der Waals surface area contributed by atoms with Crippen LogP contribution in [0, 0.1) is 5.92 Å². The molecule has 0 aromatic carbocycles. The van der Waals surface area contributed by atoms with Gasteiger partial charge in [-0.1, -0.05) is 323 Å². The Morgan fingerprint density at radius 2 is 0.507 bits per heavy atom. The van der Waals surface area contributed by atoms with Crippen LogP contribution in [0.15, 0.2) is 0 Å². The zero-order chi connectivity index (χ0) is 50.2. The molecule has 6 heteroatoms. The molecule has 0 fully saturated rings. The minimum absolute atomic E-state index is 0.0613. The Bertz CT molecular complexity index is 1040. The SMILES string of the molecule is CCCCCCCCCCCCCCCCCCCC(=O)O[C@@H](COC(=O)CCCCCCCCCCCCCC)COC(=O)CCCCCCCCCCCCCCCCCCCCC(C)CC. The van der Waals surface area contributed by atoms with Crippen molar-refractivity contribution in [2.45, 2.75) is 368 Å². The van der Waals surface area contributed by atoms with Crippen LogP contribution >= 0.6 is 0 Å². The van der Waals surface area contributed by atoms with Crippen LogP contribution in [-0.2, 0) is 28.6 Å². The monoisotopic (exact) mass is 975 g/mol. The third-order valence-electron chi connectivity index (χ3n) is 14.9. The molecule has 0 saturated carbocycles. The highest BCUT2D eigenvalue weighted by Gasteiger charge is 2.19. The average molecular weight is 976 g/mol. The molecule has 0 radical (unpaired) electrons. The molecular weight excluding hydrogens is 853 g/mol. The van der Waals surface area contributed by atoms with Gasteiger partial charge in [0.2, 0.25) is 0 Å². The molecule has 0 spiro atoms. The molecule has 0 aromatic rings. The van der Waals surface area contributed by atoms with Crippen LogP contribution in [0.4, 0.5) is 0 Å². The molecule has 410 valence electrons. The molecule has 0 heterocycles. The molecule has 0 bridgehead atoms. The summed E-state index contributed by atoms with van der Waals surface area (Å²) in [6.45, 7) is 9.12. The van der Waals surface area contributed by atoms with E-state index in [0.29, 0.717) is 19.3 Å². The summed E-state index contributed by atoms with van der Waals surface area (Å²) in [5, 5.41) is 0. The van der Waals surface area contributed by atoms with Crippen LogP contribution < -0.4 is 0 Å². The summed E-state index contributed by atoms with van der Waals surface area (Å²) in [4.78, 5) is 38.2. The molecule has 0 aliphatic heterocycles. The van der Waals surface area contributed by atoms with E-state index in [1.165, 1.54) is 257 Å². The number of ether oxygens (including phenoxy) is 3. The highest BCUT2D eigenvalue weighted by atomic mass is 16.6. The lowest BCUT2D eigenvalue weighted by molar-refractivity contribution is -0.167. The Balaban J connectivity index is 4.22. The first-order valence-electron chi connectivity index (χ1n) is 31.4. The summed E-state index contributed by atoms with van der Waals surface area (Å²) in [6, 6.07) is 0. The fourth-order valence-corrected chi connectivity index (χ4v) is 9.78. The van der Waals surface area contributed by atoms with Crippen LogP contribution in [0.1, 0.15) is 362 Å². The van der Waals surface area contributed by atoms with E-state index in [2.05, 4.69) is 27.7 Å². The normalized spacial score (nSPS) is 12.3. The van der Waals surface area contributed by atoms with Crippen molar-refractivity contribution in [2.75, 3.05) is 13.2 Å². The van der Waals surface area contributed by atoms with E-state index in [1.807, 2.05) is 0 Å². The minimum atomic E-state index is -0.762. The van der Waals surface area contributed by atoms with Crippen LogP contribution in [0.3, 0.4) is 0 Å². The lowest BCUT2D eigenvalue weighted by Crippen LogP contribution is -2.30. The van der Waals surface area contributed by atoms with Crippen molar-refractivity contribution in [3.05, 3.63) is 0 Å². The van der Waals surface area contributed by atoms with Crippen molar-refractivity contribution in [3.63, 3.8) is 0 Å². The van der Waals surface area contributed by atoms with Gasteiger partial charge in [0.1, 0.15) is 13.2 Å². The summed E-state index contributed by atoms with van der Waals surface area (Å²) < 4.78 is 16.9. The predicted molar refractivity (Wildman–Crippen MR) is 298 cm³/mol. The topological polar surface area (TPSA) is 78.9 Å². The van der Waals surface area contributed by atoms with E-state index < -0.39 is 6.10 Å². The van der Waals surface area contributed by atoms with Crippen LogP contribution in [0.5, 0.6) is 0 Å². The highest BCUT2D eigenvalue weighted by molar-refractivity contribution is 5.71. The first-order chi connectivity index (χ1) is 33.9. The van der Waals surface area contributed by atoms with Gasteiger partial charge in [0, 0.05) is 19.3 Å². The Labute approximate surface area is 431 Å². The van der Waals surface area contributed by atoms with Gasteiger partial charge in [-0.15, -0.1) is 0 Å². The number of esters is 3.